The van der Waals surface area contributed by atoms with Gasteiger partial charge >= 0.3 is 5.97 Å². The highest BCUT2D eigenvalue weighted by atomic mass is 16.4. The molecule has 0 aliphatic carbocycles. The Bertz CT molecular complexity index is 505. The number of carboxylic acids is 1. The number of amides is 2. The van der Waals surface area contributed by atoms with E-state index < -0.39 is 30.2 Å². The van der Waals surface area contributed by atoms with Gasteiger partial charge in [-0.15, -0.1) is 0 Å². The van der Waals surface area contributed by atoms with E-state index in [-0.39, 0.29) is 0 Å². The van der Waals surface area contributed by atoms with Gasteiger partial charge in [0.15, 0.2) is 0 Å². The van der Waals surface area contributed by atoms with Crippen molar-refractivity contribution in [3.8, 4) is 0 Å². The van der Waals surface area contributed by atoms with Crippen molar-refractivity contribution < 1.29 is 19.5 Å². The van der Waals surface area contributed by atoms with Gasteiger partial charge in [0.05, 0.1) is 6.42 Å². The predicted octanol–water partition coefficient (Wildman–Crippen LogP) is 0.362. The molecule has 0 heterocycles. The van der Waals surface area contributed by atoms with Crippen molar-refractivity contribution >= 4 is 17.8 Å². The van der Waals surface area contributed by atoms with Crippen LogP contribution in [0, 0.1) is 13.8 Å². The van der Waals surface area contributed by atoms with Gasteiger partial charge in [-0.2, -0.15) is 0 Å². The van der Waals surface area contributed by atoms with Gasteiger partial charge in [0, 0.05) is 5.56 Å². The first-order valence-corrected chi connectivity index (χ1v) is 5.70. The Hall–Kier alpha value is -2.37. The molecule has 19 heavy (non-hydrogen) atoms. The van der Waals surface area contributed by atoms with Crippen molar-refractivity contribution in [3.05, 3.63) is 34.9 Å². The van der Waals surface area contributed by atoms with Gasteiger partial charge in [-0.25, -0.2) is 0 Å². The van der Waals surface area contributed by atoms with Crippen LogP contribution in [0.25, 0.3) is 0 Å². The van der Waals surface area contributed by atoms with E-state index in [0.717, 1.165) is 11.1 Å². The number of carboxylic acid groups (broad SMARTS) is 1. The number of benzene rings is 1. The zero-order valence-electron chi connectivity index (χ0n) is 10.8. The first-order chi connectivity index (χ1) is 8.79. The number of carbonyl (C=O) groups is 3. The Kier molecular flexibility index (Phi) is 4.63. The molecule has 2 amide bonds. The van der Waals surface area contributed by atoms with Gasteiger partial charge in [0.1, 0.15) is 6.04 Å². The Labute approximate surface area is 110 Å². The van der Waals surface area contributed by atoms with Crippen LogP contribution >= 0.6 is 0 Å². The van der Waals surface area contributed by atoms with Crippen LogP contribution in [0.1, 0.15) is 27.9 Å². The summed E-state index contributed by atoms with van der Waals surface area (Å²) in [7, 11) is 0. The second kappa shape index (κ2) is 5.99. The summed E-state index contributed by atoms with van der Waals surface area (Å²) in [5.74, 6) is -2.60. The van der Waals surface area contributed by atoms with Crippen LogP contribution in [0.15, 0.2) is 18.2 Å². The smallest absolute Gasteiger partial charge is 0.305 e. The van der Waals surface area contributed by atoms with Gasteiger partial charge in [0.25, 0.3) is 5.91 Å². The van der Waals surface area contributed by atoms with Crippen LogP contribution in [0.3, 0.4) is 0 Å². The maximum Gasteiger partial charge on any atom is 0.305 e. The molecule has 6 nitrogen and oxygen atoms in total. The van der Waals surface area contributed by atoms with Crippen LogP contribution in [-0.4, -0.2) is 28.9 Å². The fraction of sp³-hybridized carbons (Fsp3) is 0.308. The summed E-state index contributed by atoms with van der Waals surface area (Å²) in [5.41, 5.74) is 7.23. The number of rotatable bonds is 5. The molecule has 0 aliphatic heterocycles. The molecule has 0 unspecified atom stereocenters. The number of primary amides is 1. The summed E-state index contributed by atoms with van der Waals surface area (Å²) in [6, 6.07) is 3.99. The number of hydrogen-bond donors (Lipinski definition) is 3. The van der Waals surface area contributed by atoms with E-state index in [1.165, 1.54) is 0 Å². The number of aryl methyl sites for hydroxylation is 2. The van der Waals surface area contributed by atoms with Crippen LogP contribution in [0.5, 0.6) is 0 Å². The van der Waals surface area contributed by atoms with Gasteiger partial charge < -0.3 is 16.2 Å². The lowest BCUT2D eigenvalue weighted by Crippen LogP contribution is -2.45. The molecule has 1 rings (SSSR count). The Morgan fingerprint density at radius 3 is 2.16 bits per heavy atom. The van der Waals surface area contributed by atoms with E-state index in [1.54, 1.807) is 12.1 Å². The third-order valence-electron chi connectivity index (χ3n) is 2.51. The Morgan fingerprint density at radius 1 is 1.21 bits per heavy atom. The summed E-state index contributed by atoms with van der Waals surface area (Å²) in [6.07, 6.45) is -0.536. The predicted molar refractivity (Wildman–Crippen MR) is 68.6 cm³/mol. The first-order valence-electron chi connectivity index (χ1n) is 5.70. The minimum absolute atomic E-state index is 0.370. The zero-order valence-corrected chi connectivity index (χ0v) is 10.8. The normalized spacial score (nSPS) is 11.7. The van der Waals surface area contributed by atoms with Crippen LogP contribution in [0.4, 0.5) is 0 Å². The minimum Gasteiger partial charge on any atom is -0.481 e. The number of nitrogens with two attached hydrogens (primary N) is 1. The van der Waals surface area contributed by atoms with E-state index in [9.17, 15) is 14.4 Å². The molecule has 0 radical (unpaired) electrons. The molecule has 0 saturated carbocycles. The van der Waals surface area contributed by atoms with Crippen molar-refractivity contribution in [2.45, 2.75) is 26.3 Å². The highest BCUT2D eigenvalue weighted by Crippen LogP contribution is 2.09. The van der Waals surface area contributed by atoms with Crippen LogP contribution in [-0.2, 0) is 9.59 Å². The number of nitrogens with one attached hydrogen (secondary N) is 1. The average Bonchev–Trinajstić information content (AvgIpc) is 2.25. The molecular weight excluding hydrogens is 248 g/mol. The molecule has 1 aromatic carbocycles. The molecular formula is C13H16N2O4. The first kappa shape index (κ1) is 14.7. The number of carbonyl (C=O) groups excluding carboxylic acids is 2. The summed E-state index contributed by atoms with van der Waals surface area (Å²) < 4.78 is 0. The summed E-state index contributed by atoms with van der Waals surface area (Å²) in [6.45, 7) is 3.68. The molecule has 0 saturated heterocycles. The maximum absolute atomic E-state index is 11.9. The van der Waals surface area contributed by atoms with Crippen molar-refractivity contribution in [2.75, 3.05) is 0 Å². The molecule has 0 aromatic heterocycles. The lowest BCUT2D eigenvalue weighted by molar-refractivity contribution is -0.139. The average molecular weight is 264 g/mol. The van der Waals surface area contributed by atoms with E-state index in [4.69, 9.17) is 10.8 Å². The van der Waals surface area contributed by atoms with Crippen LogP contribution < -0.4 is 11.1 Å². The van der Waals surface area contributed by atoms with E-state index >= 15 is 0 Å². The molecule has 0 spiro atoms. The third kappa shape index (κ3) is 4.42. The maximum atomic E-state index is 11.9. The largest absolute Gasteiger partial charge is 0.481 e. The topological polar surface area (TPSA) is 109 Å². The monoisotopic (exact) mass is 264 g/mol. The Balaban J connectivity index is 2.87. The van der Waals surface area contributed by atoms with Crippen molar-refractivity contribution in [2.24, 2.45) is 5.73 Å². The minimum atomic E-state index is -1.22. The molecule has 4 N–H and O–H groups in total. The van der Waals surface area contributed by atoms with Crippen LogP contribution in [0.2, 0.25) is 0 Å². The Morgan fingerprint density at radius 2 is 1.74 bits per heavy atom. The van der Waals surface area contributed by atoms with E-state index in [0.29, 0.717) is 5.56 Å². The van der Waals surface area contributed by atoms with Gasteiger partial charge in [-0.1, -0.05) is 17.2 Å². The zero-order chi connectivity index (χ0) is 14.6. The van der Waals surface area contributed by atoms with Crippen molar-refractivity contribution in [1.29, 1.82) is 0 Å². The third-order valence-corrected chi connectivity index (χ3v) is 2.51. The van der Waals surface area contributed by atoms with E-state index in [1.807, 2.05) is 19.9 Å². The molecule has 0 fully saturated rings. The molecule has 0 bridgehead atoms. The van der Waals surface area contributed by atoms with Gasteiger partial charge in [-0.05, 0) is 26.0 Å². The number of aliphatic carboxylic acids is 1. The molecule has 102 valence electrons. The lowest BCUT2D eigenvalue weighted by atomic mass is 10.1. The summed E-state index contributed by atoms with van der Waals surface area (Å²) in [4.78, 5) is 33.6. The quantitative estimate of drug-likeness (QED) is 0.713. The highest BCUT2D eigenvalue weighted by molar-refractivity contribution is 5.98. The van der Waals surface area contributed by atoms with Gasteiger partial charge in [0.2, 0.25) is 5.91 Å². The second-order valence-electron chi connectivity index (χ2n) is 4.40. The van der Waals surface area contributed by atoms with Gasteiger partial charge in [-0.3, -0.25) is 14.4 Å². The SMILES string of the molecule is Cc1cc(C)cc(C(=O)N[C@@H](CC(=O)O)C(N)=O)c1. The fourth-order valence-electron chi connectivity index (χ4n) is 1.74. The van der Waals surface area contributed by atoms with E-state index in [2.05, 4.69) is 5.32 Å². The molecule has 1 aromatic rings. The fourth-order valence-corrected chi connectivity index (χ4v) is 1.74. The molecule has 1 atom stereocenters. The number of hydrogen-bond acceptors (Lipinski definition) is 3. The summed E-state index contributed by atoms with van der Waals surface area (Å²) in [5, 5.41) is 11.0. The molecule has 6 heteroatoms. The second-order valence-corrected chi connectivity index (χ2v) is 4.40. The lowest BCUT2D eigenvalue weighted by Gasteiger charge is -2.14. The van der Waals surface area contributed by atoms with Crippen molar-refractivity contribution in [1.82, 2.24) is 5.32 Å². The standard InChI is InChI=1S/C13H16N2O4/c1-7-3-8(2)5-9(4-7)13(19)15-10(12(14)18)6-11(16)17/h3-5,10H,6H2,1-2H3,(H2,14,18)(H,15,19)(H,16,17)/t10-/m0/s1. The van der Waals surface area contributed by atoms with Crippen molar-refractivity contribution in [3.63, 3.8) is 0 Å². The summed E-state index contributed by atoms with van der Waals surface area (Å²) >= 11 is 0. The highest BCUT2D eigenvalue weighted by Gasteiger charge is 2.22. The molecule has 0 aliphatic rings.